The number of anilines is 1. The van der Waals surface area contributed by atoms with Crippen molar-refractivity contribution in [1.82, 2.24) is 9.55 Å². The topological polar surface area (TPSA) is 118 Å². The fraction of sp³-hybridized carbons (Fsp3) is 0.286. The third-order valence-corrected chi connectivity index (χ3v) is 5.64. The number of nitrogens with zero attached hydrogens (tertiary/aromatic N) is 3. The number of halogens is 4. The van der Waals surface area contributed by atoms with Gasteiger partial charge in [-0.25, -0.2) is 22.5 Å². The first-order valence-corrected chi connectivity index (χ1v) is 12.8. The number of nitro groups is 1. The number of rotatable bonds is 13. The first-order chi connectivity index (χ1) is 20.2. The molecule has 3 aromatic carbocycles. The van der Waals surface area contributed by atoms with Crippen molar-refractivity contribution in [1.29, 1.82) is 0 Å². The highest BCUT2D eigenvalue weighted by molar-refractivity contribution is 5.84. The molecule has 1 heterocycles. The number of imidazole rings is 1. The van der Waals surface area contributed by atoms with Crippen molar-refractivity contribution in [2.24, 2.45) is 0 Å². The lowest BCUT2D eigenvalue weighted by molar-refractivity contribution is -0.384. The van der Waals surface area contributed by atoms with Gasteiger partial charge in [-0.3, -0.25) is 14.9 Å². The van der Waals surface area contributed by atoms with Crippen LogP contribution in [0.2, 0.25) is 0 Å². The first-order valence-electron chi connectivity index (χ1n) is 12.8. The van der Waals surface area contributed by atoms with E-state index in [0.29, 0.717) is 62.1 Å². The van der Waals surface area contributed by atoms with Gasteiger partial charge in [-0.2, -0.15) is 0 Å². The molecule has 4 aromatic rings. The highest BCUT2D eigenvalue weighted by Gasteiger charge is 2.18. The van der Waals surface area contributed by atoms with Gasteiger partial charge in [0.05, 0.1) is 35.2 Å². The van der Waals surface area contributed by atoms with E-state index in [0.717, 1.165) is 6.07 Å². The molecule has 1 N–H and O–H groups in total. The summed E-state index contributed by atoms with van der Waals surface area (Å²) in [7, 11) is 0. The normalized spacial score (nSPS) is 10.7. The van der Waals surface area contributed by atoms with E-state index < -0.39 is 33.9 Å². The minimum atomic E-state index is -1.24. The highest BCUT2D eigenvalue weighted by Crippen LogP contribution is 2.30. The Balaban J connectivity index is 0.000000250. The minimum absolute atomic E-state index is 0.0332. The van der Waals surface area contributed by atoms with Crippen LogP contribution in [0.15, 0.2) is 48.5 Å². The summed E-state index contributed by atoms with van der Waals surface area (Å²) in [6, 6.07) is 9.26. The second kappa shape index (κ2) is 15.4. The van der Waals surface area contributed by atoms with E-state index in [4.69, 9.17) is 14.2 Å². The summed E-state index contributed by atoms with van der Waals surface area (Å²) in [5.41, 5.74) is 0.344. The predicted octanol–water partition coefficient (Wildman–Crippen LogP) is 6.28. The fourth-order valence-electron chi connectivity index (χ4n) is 3.71. The lowest BCUT2D eigenvalue weighted by Crippen LogP contribution is -2.11. The molecule has 224 valence electrons. The first kappa shape index (κ1) is 32.0. The smallest absolute Gasteiger partial charge is 0.295 e. The van der Waals surface area contributed by atoms with Crippen molar-refractivity contribution < 1.29 is 41.5 Å². The molecule has 10 nitrogen and oxygen atoms in total. The van der Waals surface area contributed by atoms with Gasteiger partial charge in [0.15, 0.2) is 35.3 Å². The maximum absolute atomic E-state index is 14.3. The van der Waals surface area contributed by atoms with Gasteiger partial charge >= 0.3 is 0 Å². The Morgan fingerprint density at radius 1 is 0.952 bits per heavy atom. The number of aromatic nitrogens is 2. The van der Waals surface area contributed by atoms with E-state index in [1.165, 1.54) is 36.4 Å². The monoisotopic (exact) mass is 592 g/mol. The van der Waals surface area contributed by atoms with Gasteiger partial charge in [-0.05, 0) is 38.1 Å². The fourth-order valence-corrected chi connectivity index (χ4v) is 3.71. The second-order valence-electron chi connectivity index (χ2n) is 8.43. The van der Waals surface area contributed by atoms with Crippen LogP contribution < -0.4 is 10.1 Å². The lowest BCUT2D eigenvalue weighted by atomic mass is 10.2. The third kappa shape index (κ3) is 8.47. The number of carbonyl (C=O) groups excluding carboxylic acids is 1. The minimum Gasteiger partial charge on any atom is -0.454 e. The molecule has 42 heavy (non-hydrogen) atoms. The summed E-state index contributed by atoms with van der Waals surface area (Å²) < 4.78 is 70.5. The standard InChI is InChI=1S/C18H16F2N2O3.C10H12F2N2O3/c1-2-24-8-7-22-16-10-17(25-13-5-3-12(19)4-6-13)14(20)9-15(16)21-18(22)11-23;1-2-17-4-3-13-9-5-7(11)8(12)6-10(9)14(15)16/h3-6,9-11H,2,7-8H2,1H3;5-6,13H,2-4H2,1H3. The van der Waals surface area contributed by atoms with Crippen molar-refractivity contribution in [3.05, 3.63) is 87.7 Å². The molecule has 14 heteroatoms. The Labute approximate surface area is 238 Å². The molecule has 0 spiro atoms. The SMILES string of the molecule is CCOCCNc1cc(F)c(F)cc1[N+](=O)[O-].CCOCCn1c(C=O)nc2cc(F)c(Oc3ccc(F)cc3)cc21. The van der Waals surface area contributed by atoms with Crippen LogP contribution >= 0.6 is 0 Å². The van der Waals surface area contributed by atoms with Crippen molar-refractivity contribution in [2.75, 3.05) is 38.3 Å². The number of nitrogens with one attached hydrogen (secondary N) is 1. The number of carbonyl (C=O) groups is 1. The molecule has 0 saturated heterocycles. The van der Waals surface area contributed by atoms with Crippen molar-refractivity contribution in [3.63, 3.8) is 0 Å². The molecule has 0 atom stereocenters. The molecule has 1 aromatic heterocycles. The summed E-state index contributed by atoms with van der Waals surface area (Å²) in [6.07, 6.45) is 0.615. The van der Waals surface area contributed by atoms with Gasteiger partial charge in [-0.15, -0.1) is 0 Å². The predicted molar refractivity (Wildman–Crippen MR) is 146 cm³/mol. The highest BCUT2D eigenvalue weighted by atomic mass is 19.2. The molecule has 4 rings (SSSR count). The summed E-state index contributed by atoms with van der Waals surface area (Å²) in [4.78, 5) is 25.2. The summed E-state index contributed by atoms with van der Waals surface area (Å²) in [5.74, 6) is -2.95. The Hall–Kier alpha value is -4.56. The Kier molecular flexibility index (Phi) is 11.8. The molecule has 0 aliphatic rings. The summed E-state index contributed by atoms with van der Waals surface area (Å²) >= 11 is 0. The molecule has 0 saturated carbocycles. The number of aldehydes is 1. The number of hydrogen-bond donors (Lipinski definition) is 1. The van der Waals surface area contributed by atoms with Crippen molar-refractivity contribution in [3.8, 4) is 11.5 Å². The van der Waals surface area contributed by atoms with Crippen LogP contribution in [0.1, 0.15) is 24.5 Å². The molecule has 0 aliphatic heterocycles. The molecule has 0 bridgehead atoms. The Bertz CT molecular complexity index is 1520. The molecular formula is C28H28F4N4O6. The molecular weight excluding hydrogens is 564 g/mol. The van der Waals surface area contributed by atoms with E-state index >= 15 is 0 Å². The van der Waals surface area contributed by atoms with E-state index in [1.54, 1.807) is 11.5 Å². The third-order valence-electron chi connectivity index (χ3n) is 5.64. The number of benzene rings is 3. The Morgan fingerprint density at radius 2 is 1.62 bits per heavy atom. The van der Waals surface area contributed by atoms with Gasteiger partial charge in [0.2, 0.25) is 0 Å². The van der Waals surface area contributed by atoms with Gasteiger partial charge < -0.3 is 24.1 Å². The summed E-state index contributed by atoms with van der Waals surface area (Å²) in [5, 5.41) is 13.2. The molecule has 0 radical (unpaired) electrons. The van der Waals surface area contributed by atoms with Crippen LogP contribution in [0, 0.1) is 33.4 Å². The number of ether oxygens (including phenoxy) is 3. The van der Waals surface area contributed by atoms with Crippen molar-refractivity contribution in [2.45, 2.75) is 20.4 Å². The zero-order chi connectivity index (χ0) is 30.6. The average Bonchev–Trinajstić information content (AvgIpc) is 3.30. The maximum Gasteiger partial charge on any atom is 0.295 e. The molecule has 0 aliphatic carbocycles. The quantitative estimate of drug-likeness (QED) is 0.0634. The number of hydrogen-bond acceptors (Lipinski definition) is 8. The van der Waals surface area contributed by atoms with E-state index in [1.807, 2.05) is 6.92 Å². The number of nitro benzene ring substituents is 1. The van der Waals surface area contributed by atoms with Crippen LogP contribution in [0.3, 0.4) is 0 Å². The largest absolute Gasteiger partial charge is 0.454 e. The molecule has 0 amide bonds. The van der Waals surface area contributed by atoms with Gasteiger partial charge in [-0.1, -0.05) is 0 Å². The zero-order valence-corrected chi connectivity index (χ0v) is 22.7. The van der Waals surface area contributed by atoms with E-state index in [9.17, 15) is 32.5 Å². The van der Waals surface area contributed by atoms with Gasteiger partial charge in [0, 0.05) is 44.5 Å². The second-order valence-corrected chi connectivity index (χ2v) is 8.43. The average molecular weight is 593 g/mol. The van der Waals surface area contributed by atoms with E-state index in [-0.39, 0.29) is 23.8 Å². The van der Waals surface area contributed by atoms with Crippen LogP contribution in [-0.4, -0.2) is 53.7 Å². The number of fused-ring (bicyclic) bond motifs is 1. The Morgan fingerprint density at radius 3 is 2.26 bits per heavy atom. The van der Waals surface area contributed by atoms with E-state index in [2.05, 4.69) is 10.3 Å². The van der Waals surface area contributed by atoms with Crippen LogP contribution in [0.25, 0.3) is 11.0 Å². The van der Waals surface area contributed by atoms with Crippen molar-refractivity contribution >= 4 is 28.7 Å². The molecule has 0 fully saturated rings. The molecule has 0 unspecified atom stereocenters. The summed E-state index contributed by atoms with van der Waals surface area (Å²) in [6.45, 7) is 6.15. The van der Waals surface area contributed by atoms with Crippen LogP contribution in [0.5, 0.6) is 11.5 Å². The van der Waals surface area contributed by atoms with Crippen LogP contribution in [-0.2, 0) is 16.0 Å². The maximum atomic E-state index is 14.3. The van der Waals surface area contributed by atoms with Gasteiger partial charge in [0.25, 0.3) is 5.69 Å². The van der Waals surface area contributed by atoms with Crippen LogP contribution in [0.4, 0.5) is 28.9 Å². The zero-order valence-electron chi connectivity index (χ0n) is 22.7. The lowest BCUT2D eigenvalue weighted by Gasteiger charge is -2.09. The van der Waals surface area contributed by atoms with Gasteiger partial charge in [0.1, 0.15) is 17.3 Å².